The summed E-state index contributed by atoms with van der Waals surface area (Å²) in [7, 11) is 0. The van der Waals surface area contributed by atoms with Gasteiger partial charge < -0.3 is 20.9 Å². The summed E-state index contributed by atoms with van der Waals surface area (Å²) < 4.78 is 4.31. The quantitative estimate of drug-likeness (QED) is 0.439. The maximum Gasteiger partial charge on any atom is 0.404 e. The van der Waals surface area contributed by atoms with E-state index in [2.05, 4.69) is 15.8 Å². The molecule has 0 aliphatic carbocycles. The molecule has 0 aromatic heterocycles. The number of carboxylic acids is 1. The molecule has 6 heteroatoms. The van der Waals surface area contributed by atoms with Gasteiger partial charge in [-0.2, -0.15) is 0 Å². The minimum Gasteiger partial charge on any atom is -0.480 e. The summed E-state index contributed by atoms with van der Waals surface area (Å²) in [5.41, 5.74) is 4.63. The minimum atomic E-state index is -0.955. The van der Waals surface area contributed by atoms with Crippen molar-refractivity contribution < 1.29 is 19.4 Å². The molecule has 0 atom stereocenters. The average Bonchev–Trinajstić information content (AvgIpc) is 1.85. The first-order chi connectivity index (χ1) is 5.13. The van der Waals surface area contributed by atoms with Gasteiger partial charge >= 0.3 is 12.1 Å². The number of carbonyl (C=O) groups is 2. The molecule has 64 valence electrons. The standard InChI is InChI=1S/C5H10N2O4/c6-5(10)11-2-1-7-3-4(8)9/h7H,1-3H2,(H2,6,10)(H,8,9). The number of nitrogens with two attached hydrogens (primary N) is 1. The van der Waals surface area contributed by atoms with Gasteiger partial charge in [0.15, 0.2) is 0 Å². The van der Waals surface area contributed by atoms with Crippen LogP contribution in [-0.2, 0) is 9.53 Å². The lowest BCUT2D eigenvalue weighted by Gasteiger charge is -2.00. The molecule has 0 aromatic carbocycles. The number of aliphatic carboxylic acids is 1. The van der Waals surface area contributed by atoms with Crippen LogP contribution < -0.4 is 11.1 Å². The Hall–Kier alpha value is -1.30. The van der Waals surface area contributed by atoms with Crippen molar-refractivity contribution in [1.29, 1.82) is 0 Å². The zero-order chi connectivity index (χ0) is 8.69. The first-order valence-electron chi connectivity index (χ1n) is 2.97. The van der Waals surface area contributed by atoms with Gasteiger partial charge in [-0.3, -0.25) is 4.79 Å². The molecule has 0 aromatic rings. The largest absolute Gasteiger partial charge is 0.480 e. The van der Waals surface area contributed by atoms with E-state index in [1.165, 1.54) is 0 Å². The predicted molar refractivity (Wildman–Crippen MR) is 36.0 cm³/mol. The number of rotatable bonds is 5. The van der Waals surface area contributed by atoms with Crippen LogP contribution in [0.1, 0.15) is 0 Å². The van der Waals surface area contributed by atoms with Crippen molar-refractivity contribution in [2.24, 2.45) is 5.73 Å². The molecule has 11 heavy (non-hydrogen) atoms. The SMILES string of the molecule is NC(=O)OCCNCC(=O)O. The van der Waals surface area contributed by atoms with Gasteiger partial charge in [0.1, 0.15) is 6.61 Å². The lowest BCUT2D eigenvalue weighted by Crippen LogP contribution is -2.27. The minimum absolute atomic E-state index is 0.0859. The second-order valence-corrected chi connectivity index (χ2v) is 1.74. The van der Waals surface area contributed by atoms with E-state index < -0.39 is 12.1 Å². The number of carbonyl (C=O) groups excluding carboxylic acids is 1. The smallest absolute Gasteiger partial charge is 0.404 e. The maximum atomic E-state index is 9.95. The third kappa shape index (κ3) is 8.70. The van der Waals surface area contributed by atoms with Gasteiger partial charge in [0.25, 0.3) is 0 Å². The van der Waals surface area contributed by atoms with Crippen molar-refractivity contribution in [3.8, 4) is 0 Å². The molecular weight excluding hydrogens is 152 g/mol. The summed E-state index contributed by atoms with van der Waals surface area (Å²) in [6.45, 7) is 0.222. The Bertz CT molecular complexity index is 131. The summed E-state index contributed by atoms with van der Waals surface area (Å²) in [5, 5.41) is 10.6. The van der Waals surface area contributed by atoms with Crippen LogP contribution >= 0.6 is 0 Å². The molecule has 6 nitrogen and oxygen atoms in total. The Morgan fingerprint density at radius 3 is 2.64 bits per heavy atom. The summed E-state index contributed by atoms with van der Waals surface area (Å²) in [6.07, 6.45) is -0.859. The highest BCUT2D eigenvalue weighted by Crippen LogP contribution is 1.70. The molecule has 0 bridgehead atoms. The number of ether oxygens (including phenoxy) is 1. The Kier molecular flexibility index (Phi) is 4.83. The molecule has 0 rings (SSSR count). The molecule has 0 unspecified atom stereocenters. The van der Waals surface area contributed by atoms with Gasteiger partial charge in [0.05, 0.1) is 6.54 Å². The summed E-state index contributed by atoms with van der Waals surface area (Å²) in [5.74, 6) is -0.955. The molecule has 0 aliphatic heterocycles. The van der Waals surface area contributed by atoms with Gasteiger partial charge in [-0.25, -0.2) is 4.79 Å². The fourth-order valence-electron chi connectivity index (χ4n) is 0.419. The van der Waals surface area contributed by atoms with E-state index in [4.69, 9.17) is 5.11 Å². The van der Waals surface area contributed by atoms with Crippen molar-refractivity contribution in [2.75, 3.05) is 19.7 Å². The van der Waals surface area contributed by atoms with Gasteiger partial charge in [0.2, 0.25) is 0 Å². The number of nitrogens with one attached hydrogen (secondary N) is 1. The van der Waals surface area contributed by atoms with Crippen LogP contribution in [0.5, 0.6) is 0 Å². The molecule has 0 fully saturated rings. The van der Waals surface area contributed by atoms with E-state index in [0.29, 0.717) is 0 Å². The van der Waals surface area contributed by atoms with E-state index >= 15 is 0 Å². The van der Waals surface area contributed by atoms with Crippen LogP contribution in [0.4, 0.5) is 4.79 Å². The van der Waals surface area contributed by atoms with E-state index in [0.717, 1.165) is 0 Å². The van der Waals surface area contributed by atoms with Crippen LogP contribution in [0.2, 0.25) is 0 Å². The van der Waals surface area contributed by atoms with E-state index in [-0.39, 0.29) is 19.7 Å². The zero-order valence-electron chi connectivity index (χ0n) is 5.87. The van der Waals surface area contributed by atoms with E-state index in [9.17, 15) is 9.59 Å². The second kappa shape index (κ2) is 5.48. The Balaban J connectivity index is 3.03. The van der Waals surface area contributed by atoms with Crippen LogP contribution in [0.3, 0.4) is 0 Å². The number of hydrogen-bond donors (Lipinski definition) is 3. The molecule has 0 spiro atoms. The van der Waals surface area contributed by atoms with E-state index in [1.54, 1.807) is 0 Å². The van der Waals surface area contributed by atoms with Crippen molar-refractivity contribution in [2.45, 2.75) is 0 Å². The van der Waals surface area contributed by atoms with Crippen LogP contribution in [0, 0.1) is 0 Å². The number of hydrogen-bond acceptors (Lipinski definition) is 4. The number of carboxylic acid groups (broad SMARTS) is 1. The Morgan fingerprint density at radius 1 is 1.55 bits per heavy atom. The van der Waals surface area contributed by atoms with Crippen LogP contribution in [0.25, 0.3) is 0 Å². The second-order valence-electron chi connectivity index (χ2n) is 1.74. The number of primary amides is 1. The summed E-state index contributed by atoms with van der Waals surface area (Å²) in [6, 6.07) is 0. The Morgan fingerprint density at radius 2 is 2.18 bits per heavy atom. The third-order valence-electron chi connectivity index (χ3n) is 0.799. The first-order valence-corrected chi connectivity index (χ1v) is 2.97. The normalized spacial score (nSPS) is 9.09. The topological polar surface area (TPSA) is 102 Å². The molecule has 0 radical (unpaired) electrons. The number of amides is 1. The van der Waals surface area contributed by atoms with Gasteiger partial charge in [-0.1, -0.05) is 0 Å². The van der Waals surface area contributed by atoms with Crippen molar-refractivity contribution >= 4 is 12.1 Å². The first kappa shape index (κ1) is 9.70. The van der Waals surface area contributed by atoms with Crippen molar-refractivity contribution in [3.05, 3.63) is 0 Å². The monoisotopic (exact) mass is 162 g/mol. The highest BCUT2D eigenvalue weighted by atomic mass is 16.5. The van der Waals surface area contributed by atoms with Gasteiger partial charge in [0, 0.05) is 6.54 Å². The molecule has 0 saturated carbocycles. The van der Waals surface area contributed by atoms with Crippen molar-refractivity contribution in [1.82, 2.24) is 5.32 Å². The lowest BCUT2D eigenvalue weighted by molar-refractivity contribution is -0.135. The summed E-state index contributed by atoms with van der Waals surface area (Å²) >= 11 is 0. The fourth-order valence-corrected chi connectivity index (χ4v) is 0.419. The highest BCUT2D eigenvalue weighted by Gasteiger charge is 1.95. The van der Waals surface area contributed by atoms with Gasteiger partial charge in [-0.05, 0) is 0 Å². The van der Waals surface area contributed by atoms with Crippen LogP contribution in [0.15, 0.2) is 0 Å². The molecular formula is C5H10N2O4. The molecule has 0 heterocycles. The molecule has 0 saturated heterocycles. The van der Waals surface area contributed by atoms with Crippen molar-refractivity contribution in [3.63, 3.8) is 0 Å². The third-order valence-corrected chi connectivity index (χ3v) is 0.799. The highest BCUT2D eigenvalue weighted by molar-refractivity contribution is 5.69. The summed E-state index contributed by atoms with van der Waals surface area (Å²) in [4.78, 5) is 19.9. The zero-order valence-corrected chi connectivity index (χ0v) is 5.87. The average molecular weight is 162 g/mol. The van der Waals surface area contributed by atoms with E-state index in [1.807, 2.05) is 0 Å². The molecule has 0 aliphatic rings. The lowest BCUT2D eigenvalue weighted by atomic mass is 10.6. The fraction of sp³-hybridized carbons (Fsp3) is 0.600. The van der Waals surface area contributed by atoms with Crippen LogP contribution in [-0.4, -0.2) is 36.9 Å². The Labute approximate surface area is 63.3 Å². The maximum absolute atomic E-state index is 9.95. The van der Waals surface area contributed by atoms with Gasteiger partial charge in [-0.15, -0.1) is 0 Å². The molecule has 1 amide bonds. The molecule has 4 N–H and O–H groups in total. The predicted octanol–water partition coefficient (Wildman–Crippen LogP) is -1.24.